The van der Waals surface area contributed by atoms with Crippen molar-refractivity contribution in [2.45, 2.75) is 56.7 Å². The Morgan fingerprint density at radius 2 is 1.56 bits per heavy atom. The number of fused-ring (bicyclic) bond motifs is 2. The fraction of sp³-hybridized carbons (Fsp3) is 0.429. The predicted octanol–water partition coefficient (Wildman–Crippen LogP) is 5.27. The van der Waals surface area contributed by atoms with Gasteiger partial charge in [-0.3, -0.25) is 9.59 Å². The maximum Gasteiger partial charge on any atom is 0.416 e. The maximum atomic E-state index is 13.2. The van der Waals surface area contributed by atoms with Crippen molar-refractivity contribution in [3.63, 3.8) is 0 Å². The topological polar surface area (TPSA) is 42.3 Å². The number of pyridine rings is 1. The van der Waals surface area contributed by atoms with Gasteiger partial charge in [-0.1, -0.05) is 0 Å². The maximum absolute atomic E-state index is 13.2. The number of nitrogens with zero attached hydrogens (tertiary/aromatic N) is 2. The van der Waals surface area contributed by atoms with Crippen LogP contribution >= 0.6 is 15.9 Å². The molecule has 2 atom stereocenters. The number of rotatable bonds is 2. The SMILES string of the molecule is O=C1c2ccc(Br)c(=O)n2CC2CCCC(Cc3cc(C(F)(F)F)cc(C(F)(F)F)c3)N12. The van der Waals surface area contributed by atoms with E-state index in [9.17, 15) is 35.9 Å². The zero-order valence-electron chi connectivity index (χ0n) is 16.4. The first-order valence-corrected chi connectivity index (χ1v) is 10.7. The average Bonchev–Trinajstić information content (AvgIpc) is 2.70. The molecule has 3 heterocycles. The molecule has 1 amide bonds. The van der Waals surface area contributed by atoms with Gasteiger partial charge >= 0.3 is 12.4 Å². The molecule has 1 fully saturated rings. The van der Waals surface area contributed by atoms with Gasteiger partial charge in [-0.25, -0.2) is 0 Å². The molecule has 2 aromatic rings. The first kappa shape index (κ1) is 22.9. The highest BCUT2D eigenvalue weighted by Crippen LogP contribution is 2.38. The molecule has 0 saturated carbocycles. The van der Waals surface area contributed by atoms with Crippen LogP contribution in [0.3, 0.4) is 0 Å². The second-order valence-electron chi connectivity index (χ2n) is 8.05. The lowest BCUT2D eigenvalue weighted by Crippen LogP contribution is -2.57. The van der Waals surface area contributed by atoms with Crippen molar-refractivity contribution >= 4 is 21.8 Å². The van der Waals surface area contributed by atoms with E-state index >= 15 is 0 Å². The minimum atomic E-state index is -4.93. The summed E-state index contributed by atoms with van der Waals surface area (Å²) in [6, 6.07) is 3.54. The minimum Gasteiger partial charge on any atom is -0.329 e. The summed E-state index contributed by atoms with van der Waals surface area (Å²) in [6.07, 6.45) is -8.32. The second-order valence-corrected chi connectivity index (χ2v) is 8.91. The highest BCUT2D eigenvalue weighted by atomic mass is 79.9. The summed E-state index contributed by atoms with van der Waals surface area (Å²) >= 11 is 3.14. The van der Waals surface area contributed by atoms with E-state index in [-0.39, 0.29) is 41.9 Å². The molecular weight excluding hydrogens is 506 g/mol. The number of piperidine rings is 1. The van der Waals surface area contributed by atoms with Gasteiger partial charge in [0.15, 0.2) is 0 Å². The summed E-state index contributed by atoms with van der Waals surface area (Å²) in [7, 11) is 0. The Labute approximate surface area is 186 Å². The standard InChI is InChI=1S/C21H17BrF6N2O2/c22-16-4-5-17-19(32)30-14(2-1-3-15(30)10-29(17)18(16)31)8-11-6-12(20(23,24)25)9-13(7-11)21(26,27)28/h4-7,9,14-15H,1-3,8,10H2. The zero-order valence-corrected chi connectivity index (χ0v) is 18.0. The molecule has 0 spiro atoms. The molecule has 0 radical (unpaired) electrons. The minimum absolute atomic E-state index is 0.0970. The molecule has 2 aliphatic heterocycles. The Kier molecular flexibility index (Phi) is 5.67. The van der Waals surface area contributed by atoms with Gasteiger partial charge in [0.1, 0.15) is 5.69 Å². The molecule has 11 heteroatoms. The van der Waals surface area contributed by atoms with Crippen LogP contribution in [0.1, 0.15) is 46.4 Å². The molecule has 4 rings (SSSR count). The first-order valence-electron chi connectivity index (χ1n) is 9.86. The fourth-order valence-electron chi connectivity index (χ4n) is 4.55. The number of amides is 1. The van der Waals surface area contributed by atoms with Gasteiger partial charge in [0.05, 0.1) is 21.6 Å². The molecule has 1 aromatic heterocycles. The number of benzene rings is 1. The quantitative estimate of drug-likeness (QED) is 0.504. The molecule has 2 unspecified atom stereocenters. The van der Waals surface area contributed by atoms with Crippen LogP contribution in [0, 0.1) is 0 Å². The van der Waals surface area contributed by atoms with E-state index in [1.807, 2.05) is 0 Å². The highest BCUT2D eigenvalue weighted by Gasteiger charge is 2.41. The fourth-order valence-corrected chi connectivity index (χ4v) is 4.89. The third-order valence-electron chi connectivity index (χ3n) is 5.95. The summed E-state index contributed by atoms with van der Waals surface area (Å²) in [4.78, 5) is 27.1. The molecule has 0 aliphatic carbocycles. The van der Waals surface area contributed by atoms with Crippen molar-refractivity contribution in [1.29, 1.82) is 0 Å². The number of carbonyl (C=O) groups excluding carboxylic acids is 1. The average molecular weight is 523 g/mol. The molecule has 2 aliphatic rings. The van der Waals surface area contributed by atoms with Gasteiger partial charge in [0.2, 0.25) is 0 Å². The summed E-state index contributed by atoms with van der Waals surface area (Å²) in [5.41, 5.74) is -3.08. The largest absolute Gasteiger partial charge is 0.416 e. The second kappa shape index (κ2) is 7.93. The van der Waals surface area contributed by atoms with Gasteiger partial charge in [0, 0.05) is 12.6 Å². The van der Waals surface area contributed by atoms with Crippen LogP contribution in [-0.4, -0.2) is 27.5 Å². The van der Waals surface area contributed by atoms with Gasteiger partial charge in [-0.15, -0.1) is 0 Å². The van der Waals surface area contributed by atoms with Gasteiger partial charge in [-0.2, -0.15) is 26.3 Å². The van der Waals surface area contributed by atoms with E-state index in [0.717, 1.165) is 0 Å². The lowest BCUT2D eigenvalue weighted by molar-refractivity contribution is -0.143. The number of hydrogen-bond donors (Lipinski definition) is 0. The Bertz CT molecular complexity index is 1090. The third-order valence-corrected chi connectivity index (χ3v) is 6.56. The van der Waals surface area contributed by atoms with E-state index in [1.165, 1.54) is 21.6 Å². The Morgan fingerprint density at radius 3 is 2.16 bits per heavy atom. The number of alkyl halides is 6. The van der Waals surface area contributed by atoms with Crippen LogP contribution in [0.2, 0.25) is 0 Å². The van der Waals surface area contributed by atoms with Crippen LogP contribution in [0.4, 0.5) is 26.3 Å². The van der Waals surface area contributed by atoms with Gasteiger partial charge < -0.3 is 9.47 Å². The number of halogens is 7. The Balaban J connectivity index is 1.70. The van der Waals surface area contributed by atoms with E-state index in [0.29, 0.717) is 35.9 Å². The van der Waals surface area contributed by atoms with Crippen LogP contribution in [0.15, 0.2) is 39.6 Å². The number of carbonyl (C=O) groups is 1. The van der Waals surface area contributed by atoms with Crippen LogP contribution < -0.4 is 5.56 Å². The van der Waals surface area contributed by atoms with Crippen LogP contribution in [-0.2, 0) is 25.3 Å². The summed E-state index contributed by atoms with van der Waals surface area (Å²) < 4.78 is 80.9. The van der Waals surface area contributed by atoms with Crippen molar-refractivity contribution < 1.29 is 31.1 Å². The highest BCUT2D eigenvalue weighted by molar-refractivity contribution is 9.10. The smallest absolute Gasteiger partial charge is 0.329 e. The molecular formula is C21H17BrF6N2O2. The van der Waals surface area contributed by atoms with Crippen LogP contribution in [0.25, 0.3) is 0 Å². The van der Waals surface area contributed by atoms with Crippen molar-refractivity contribution in [1.82, 2.24) is 9.47 Å². The van der Waals surface area contributed by atoms with Gasteiger partial charge in [0.25, 0.3) is 11.5 Å². The molecule has 172 valence electrons. The van der Waals surface area contributed by atoms with Crippen LogP contribution in [0.5, 0.6) is 0 Å². The molecule has 0 bridgehead atoms. The van der Waals surface area contributed by atoms with E-state index in [2.05, 4.69) is 15.9 Å². The summed E-state index contributed by atoms with van der Waals surface area (Å²) in [5.74, 6) is -0.446. The van der Waals surface area contributed by atoms with Crippen molar-refractivity contribution in [3.8, 4) is 0 Å². The molecule has 0 N–H and O–H groups in total. The predicted molar refractivity (Wildman–Crippen MR) is 106 cm³/mol. The molecule has 4 nitrogen and oxygen atoms in total. The molecule has 32 heavy (non-hydrogen) atoms. The Morgan fingerprint density at radius 1 is 0.938 bits per heavy atom. The normalized spacial score (nSPS) is 21.3. The lowest BCUT2D eigenvalue weighted by Gasteiger charge is -2.45. The van der Waals surface area contributed by atoms with E-state index in [1.54, 1.807) is 0 Å². The van der Waals surface area contributed by atoms with E-state index < -0.39 is 35.4 Å². The van der Waals surface area contributed by atoms with Crippen molar-refractivity contribution in [2.75, 3.05) is 0 Å². The summed E-state index contributed by atoms with van der Waals surface area (Å²) in [5, 5.41) is 0. The first-order chi connectivity index (χ1) is 14.9. The van der Waals surface area contributed by atoms with Gasteiger partial charge in [-0.05, 0) is 77.5 Å². The Hall–Kier alpha value is -2.30. The van der Waals surface area contributed by atoms with Crippen molar-refractivity contribution in [3.05, 3.63) is 67.5 Å². The number of hydrogen-bond acceptors (Lipinski definition) is 2. The molecule has 1 saturated heterocycles. The lowest BCUT2D eigenvalue weighted by atomic mass is 9.88. The van der Waals surface area contributed by atoms with Crippen molar-refractivity contribution in [2.24, 2.45) is 0 Å². The zero-order chi connectivity index (χ0) is 23.4. The number of aromatic nitrogens is 1. The van der Waals surface area contributed by atoms with E-state index in [4.69, 9.17) is 0 Å². The molecule has 1 aromatic carbocycles. The third kappa shape index (κ3) is 4.18. The monoisotopic (exact) mass is 522 g/mol. The summed E-state index contributed by atoms with van der Waals surface area (Å²) in [6.45, 7) is 0.228.